The summed E-state index contributed by atoms with van der Waals surface area (Å²) in [6.45, 7) is 0. The van der Waals surface area contributed by atoms with E-state index in [1.165, 1.54) is 25.7 Å². The fourth-order valence-electron chi connectivity index (χ4n) is 3.39. The Morgan fingerprint density at radius 2 is 1.37 bits per heavy atom. The highest BCUT2D eigenvalue weighted by Crippen LogP contribution is 2.52. The van der Waals surface area contributed by atoms with Gasteiger partial charge in [-0.1, -0.05) is 6.42 Å². The average molecular weight is 421 g/mol. The molecule has 0 aliphatic heterocycles. The Kier molecular flexibility index (Phi) is 6.69. The van der Waals surface area contributed by atoms with Gasteiger partial charge in [0.15, 0.2) is 0 Å². The van der Waals surface area contributed by atoms with E-state index in [-0.39, 0.29) is 4.08 Å². The molecule has 1 unspecified atom stereocenters. The van der Waals surface area contributed by atoms with Crippen LogP contribution >= 0.6 is 35.3 Å². The average Bonchev–Trinajstić information content (AvgIpc) is 3.47. The Hall–Kier alpha value is -1.11. The second-order valence-corrected chi connectivity index (χ2v) is 11.0. The van der Waals surface area contributed by atoms with Crippen LogP contribution in [0.15, 0.2) is 68.4 Å². The Bertz CT molecular complexity index is 728. The largest absolute Gasteiger partial charge is 0.468 e. The lowest BCUT2D eigenvalue weighted by Crippen LogP contribution is -2.31. The van der Waals surface area contributed by atoms with Crippen molar-refractivity contribution in [1.29, 1.82) is 0 Å². The molecule has 3 heterocycles. The number of hydrogen-bond donors (Lipinski definition) is 0. The molecule has 0 saturated heterocycles. The van der Waals surface area contributed by atoms with Crippen LogP contribution in [0.4, 0.5) is 0 Å². The molecule has 3 aromatic heterocycles. The Morgan fingerprint density at radius 1 is 0.815 bits per heavy atom. The van der Waals surface area contributed by atoms with Crippen molar-refractivity contribution in [2.24, 2.45) is 0 Å². The molecule has 0 amide bonds. The van der Waals surface area contributed by atoms with Crippen molar-refractivity contribution in [3.63, 3.8) is 0 Å². The molecule has 0 spiro atoms. The molecule has 1 saturated carbocycles. The fraction of sp³-hybridized carbons (Fsp3) is 0.429. The van der Waals surface area contributed by atoms with Gasteiger partial charge in [-0.25, -0.2) is 0 Å². The second-order valence-electron chi connectivity index (χ2n) is 6.76. The maximum atomic E-state index is 5.58. The van der Waals surface area contributed by atoms with Crippen LogP contribution in [0.5, 0.6) is 0 Å². The van der Waals surface area contributed by atoms with Crippen LogP contribution in [0.25, 0.3) is 0 Å². The van der Waals surface area contributed by atoms with Crippen molar-refractivity contribution in [2.75, 3.05) is 0 Å². The van der Waals surface area contributed by atoms with Gasteiger partial charge in [0, 0.05) is 5.25 Å². The first-order valence-corrected chi connectivity index (χ1v) is 12.3. The molecule has 1 atom stereocenters. The van der Waals surface area contributed by atoms with E-state index in [1.54, 1.807) is 18.8 Å². The van der Waals surface area contributed by atoms with Gasteiger partial charge in [-0.15, -0.1) is 23.5 Å². The van der Waals surface area contributed by atoms with Crippen molar-refractivity contribution >= 4 is 35.3 Å². The molecule has 3 nitrogen and oxygen atoms in total. The van der Waals surface area contributed by atoms with Gasteiger partial charge in [0.25, 0.3) is 0 Å². The third kappa shape index (κ3) is 5.46. The van der Waals surface area contributed by atoms with Crippen molar-refractivity contribution in [3.05, 3.63) is 72.5 Å². The van der Waals surface area contributed by atoms with Crippen LogP contribution in [-0.4, -0.2) is 9.33 Å². The Labute approximate surface area is 173 Å². The minimum absolute atomic E-state index is 0.207. The monoisotopic (exact) mass is 420 g/mol. The molecule has 27 heavy (non-hydrogen) atoms. The van der Waals surface area contributed by atoms with E-state index in [1.807, 2.05) is 53.5 Å². The van der Waals surface area contributed by atoms with Crippen LogP contribution in [-0.2, 0) is 17.3 Å². The minimum Gasteiger partial charge on any atom is -0.468 e. The lowest BCUT2D eigenvalue weighted by Gasteiger charge is -2.39. The minimum atomic E-state index is 0.207. The first kappa shape index (κ1) is 19.2. The fourth-order valence-corrected chi connectivity index (χ4v) is 7.94. The zero-order chi connectivity index (χ0) is 18.4. The van der Waals surface area contributed by atoms with Crippen molar-refractivity contribution in [1.82, 2.24) is 0 Å². The van der Waals surface area contributed by atoms with Crippen LogP contribution in [0.1, 0.15) is 43.0 Å². The van der Waals surface area contributed by atoms with Gasteiger partial charge in [-0.05, 0) is 55.7 Å². The molecule has 0 aromatic carbocycles. The standard InChI is InChI=1S/C21H24O3S3/c1-8-20(25-14-17-5-2-10-22-17)13-21(9-1,26-15-18-6-3-11-23-18)27-16-19-7-4-12-24-19/h2-7,10-12,20H,1,8-9,13-16H2. The summed E-state index contributed by atoms with van der Waals surface area (Å²) in [5.41, 5.74) is 0. The molecule has 1 aliphatic rings. The predicted octanol–water partition coefficient (Wildman–Crippen LogP) is 7.20. The van der Waals surface area contributed by atoms with E-state index < -0.39 is 0 Å². The smallest absolute Gasteiger partial charge is 0.113 e. The lowest BCUT2D eigenvalue weighted by molar-refractivity contribution is 0.494. The third-order valence-corrected chi connectivity index (χ3v) is 9.46. The van der Waals surface area contributed by atoms with Crippen molar-refractivity contribution < 1.29 is 13.3 Å². The van der Waals surface area contributed by atoms with Gasteiger partial charge < -0.3 is 13.3 Å². The quantitative estimate of drug-likeness (QED) is 0.341. The summed E-state index contributed by atoms with van der Waals surface area (Å²) in [5.74, 6) is 6.00. The van der Waals surface area contributed by atoms with E-state index in [4.69, 9.17) is 13.3 Å². The van der Waals surface area contributed by atoms with Crippen LogP contribution in [0, 0.1) is 0 Å². The molecule has 0 N–H and O–H groups in total. The number of thioether (sulfide) groups is 3. The number of hydrogen-bond acceptors (Lipinski definition) is 6. The first-order valence-electron chi connectivity index (χ1n) is 9.28. The normalized spacial score (nSPS) is 19.3. The first-order chi connectivity index (χ1) is 13.3. The van der Waals surface area contributed by atoms with Crippen molar-refractivity contribution in [2.45, 2.75) is 52.3 Å². The maximum absolute atomic E-state index is 5.58. The van der Waals surface area contributed by atoms with E-state index in [2.05, 4.69) is 18.2 Å². The molecule has 0 radical (unpaired) electrons. The van der Waals surface area contributed by atoms with Gasteiger partial charge in [-0.3, -0.25) is 0 Å². The molecular weight excluding hydrogens is 396 g/mol. The summed E-state index contributed by atoms with van der Waals surface area (Å²) in [6.07, 6.45) is 10.3. The third-order valence-electron chi connectivity index (χ3n) is 4.78. The van der Waals surface area contributed by atoms with Crippen LogP contribution in [0.2, 0.25) is 0 Å². The molecule has 3 aromatic rings. The van der Waals surface area contributed by atoms with E-state index in [9.17, 15) is 0 Å². The molecule has 1 aliphatic carbocycles. The lowest BCUT2D eigenvalue weighted by atomic mass is 9.99. The molecule has 4 rings (SSSR count). The maximum Gasteiger partial charge on any atom is 0.113 e. The Balaban J connectivity index is 1.40. The van der Waals surface area contributed by atoms with E-state index >= 15 is 0 Å². The number of rotatable bonds is 9. The summed E-state index contributed by atoms with van der Waals surface area (Å²) in [6, 6.07) is 12.1. The zero-order valence-electron chi connectivity index (χ0n) is 15.2. The summed E-state index contributed by atoms with van der Waals surface area (Å²) >= 11 is 6.12. The van der Waals surface area contributed by atoms with Crippen molar-refractivity contribution in [3.8, 4) is 0 Å². The SMILES string of the molecule is c1coc(CSC2CCCC(SCc3ccco3)(SCc3ccco3)C2)c1. The van der Waals surface area contributed by atoms with Gasteiger partial charge in [-0.2, -0.15) is 11.8 Å². The van der Waals surface area contributed by atoms with Gasteiger partial charge >= 0.3 is 0 Å². The summed E-state index contributed by atoms with van der Waals surface area (Å²) in [5, 5.41) is 0.664. The summed E-state index contributed by atoms with van der Waals surface area (Å²) < 4.78 is 16.9. The van der Waals surface area contributed by atoms with Gasteiger partial charge in [0.1, 0.15) is 17.3 Å². The molecule has 144 valence electrons. The highest BCUT2D eigenvalue weighted by Gasteiger charge is 2.38. The molecule has 1 fully saturated rings. The predicted molar refractivity (Wildman–Crippen MR) is 115 cm³/mol. The van der Waals surface area contributed by atoms with Crippen LogP contribution < -0.4 is 0 Å². The van der Waals surface area contributed by atoms with E-state index in [0.717, 1.165) is 34.5 Å². The Morgan fingerprint density at radius 3 is 1.89 bits per heavy atom. The van der Waals surface area contributed by atoms with Crippen LogP contribution in [0.3, 0.4) is 0 Å². The summed E-state index contributed by atoms with van der Waals surface area (Å²) in [4.78, 5) is 0. The number of furan rings is 3. The molecule has 6 heteroatoms. The van der Waals surface area contributed by atoms with Gasteiger partial charge in [0.05, 0.1) is 40.1 Å². The zero-order valence-corrected chi connectivity index (χ0v) is 17.6. The highest BCUT2D eigenvalue weighted by molar-refractivity contribution is 8.17. The molecular formula is C21H24O3S3. The second kappa shape index (κ2) is 9.39. The van der Waals surface area contributed by atoms with Gasteiger partial charge in [0.2, 0.25) is 0 Å². The molecule has 0 bridgehead atoms. The summed E-state index contributed by atoms with van der Waals surface area (Å²) in [7, 11) is 0. The highest BCUT2D eigenvalue weighted by atomic mass is 32.2. The topological polar surface area (TPSA) is 39.4 Å². The van der Waals surface area contributed by atoms with E-state index in [0.29, 0.717) is 5.25 Å².